The van der Waals surface area contributed by atoms with Crippen molar-refractivity contribution in [2.75, 3.05) is 39.3 Å². The van der Waals surface area contributed by atoms with E-state index < -0.39 is 15.7 Å². The van der Waals surface area contributed by atoms with Gasteiger partial charge in [0.25, 0.3) is 10.1 Å². The summed E-state index contributed by atoms with van der Waals surface area (Å²) in [7, 11) is -3.67. The molecule has 0 heterocycles. The van der Waals surface area contributed by atoms with Crippen LogP contribution in [0.4, 0.5) is 0 Å². The lowest BCUT2D eigenvalue weighted by molar-refractivity contribution is -0.156. The van der Waals surface area contributed by atoms with E-state index in [0.717, 1.165) is 0 Å². The molecular formula is C12H26O8S. The normalized spacial score (nSPS) is 11.5. The van der Waals surface area contributed by atoms with E-state index in [2.05, 4.69) is 0 Å². The fourth-order valence-electron chi connectivity index (χ4n) is 0.935. The Morgan fingerprint density at radius 3 is 1.86 bits per heavy atom. The molecule has 0 radical (unpaired) electrons. The van der Waals surface area contributed by atoms with Crippen molar-refractivity contribution in [3.05, 3.63) is 0 Å². The van der Waals surface area contributed by atoms with Gasteiger partial charge in [0.1, 0.15) is 5.60 Å². The minimum absolute atomic E-state index is 0.0118. The zero-order chi connectivity index (χ0) is 16.9. The molecule has 0 aliphatic rings. The predicted molar refractivity (Wildman–Crippen MR) is 76.7 cm³/mol. The highest BCUT2D eigenvalue weighted by atomic mass is 32.2. The maximum atomic E-state index is 11.2. The average Bonchev–Trinajstić information content (AvgIpc) is 2.23. The summed E-state index contributed by atoms with van der Waals surface area (Å²) in [5, 5.41) is 8.42. The van der Waals surface area contributed by atoms with Crippen molar-refractivity contribution in [1.29, 1.82) is 0 Å². The van der Waals surface area contributed by atoms with Gasteiger partial charge in [-0.3, -0.25) is 9.35 Å². The van der Waals surface area contributed by atoms with Crippen LogP contribution in [-0.4, -0.2) is 68.9 Å². The molecule has 2 N–H and O–H groups in total. The second-order valence-corrected chi connectivity index (χ2v) is 6.48. The fourth-order valence-corrected chi connectivity index (χ4v) is 0.935. The van der Waals surface area contributed by atoms with Gasteiger partial charge in [0.2, 0.25) is 0 Å². The minimum Gasteiger partial charge on any atom is -0.460 e. The summed E-state index contributed by atoms with van der Waals surface area (Å²) in [6.45, 7) is 6.99. The van der Waals surface area contributed by atoms with Crippen LogP contribution >= 0.6 is 0 Å². The van der Waals surface area contributed by atoms with E-state index in [-0.39, 0.29) is 19.0 Å². The summed E-state index contributed by atoms with van der Waals surface area (Å²) in [6, 6.07) is 0. The maximum Gasteiger partial charge on any atom is 0.308 e. The number of aliphatic hydroxyl groups is 1. The molecule has 0 spiro atoms. The van der Waals surface area contributed by atoms with Crippen LogP contribution in [0.15, 0.2) is 0 Å². The Balaban J connectivity index is 0. The molecule has 0 aromatic carbocycles. The first-order chi connectivity index (χ1) is 9.45. The molecule has 128 valence electrons. The van der Waals surface area contributed by atoms with Crippen molar-refractivity contribution in [2.45, 2.75) is 32.8 Å². The van der Waals surface area contributed by atoms with Gasteiger partial charge in [-0.2, -0.15) is 8.42 Å². The third-order valence-corrected chi connectivity index (χ3v) is 1.48. The van der Waals surface area contributed by atoms with Gasteiger partial charge in [-0.05, 0) is 20.8 Å². The lowest BCUT2D eigenvalue weighted by Gasteiger charge is -2.19. The van der Waals surface area contributed by atoms with E-state index in [1.165, 1.54) is 0 Å². The van der Waals surface area contributed by atoms with E-state index in [1.54, 1.807) is 0 Å². The van der Waals surface area contributed by atoms with Gasteiger partial charge in [-0.25, -0.2) is 0 Å². The number of ether oxygens (including phenoxy) is 3. The van der Waals surface area contributed by atoms with E-state index in [4.69, 9.17) is 23.9 Å². The number of carbonyl (C=O) groups is 1. The van der Waals surface area contributed by atoms with Gasteiger partial charge in [0, 0.05) is 0 Å². The largest absolute Gasteiger partial charge is 0.460 e. The van der Waals surface area contributed by atoms with Crippen molar-refractivity contribution < 1.29 is 37.1 Å². The van der Waals surface area contributed by atoms with Gasteiger partial charge in [0.05, 0.1) is 45.7 Å². The zero-order valence-electron chi connectivity index (χ0n) is 13.0. The molecule has 0 atom stereocenters. The minimum atomic E-state index is -3.67. The summed E-state index contributed by atoms with van der Waals surface area (Å²) < 4.78 is 41.1. The van der Waals surface area contributed by atoms with Gasteiger partial charge in [-0.1, -0.05) is 0 Å². The van der Waals surface area contributed by atoms with Crippen molar-refractivity contribution in [2.24, 2.45) is 0 Å². The summed E-state index contributed by atoms with van der Waals surface area (Å²) in [5.74, 6) is -0.260. The molecule has 0 aliphatic carbocycles. The number of esters is 1. The molecule has 0 amide bonds. The van der Waals surface area contributed by atoms with E-state index in [9.17, 15) is 13.2 Å². The van der Waals surface area contributed by atoms with Crippen molar-refractivity contribution in [1.82, 2.24) is 0 Å². The van der Waals surface area contributed by atoms with Crippen molar-refractivity contribution in [3.63, 3.8) is 0 Å². The molecule has 0 aromatic rings. The lowest BCUT2D eigenvalue weighted by atomic mass is 10.2. The molecule has 0 fully saturated rings. The standard InChI is InChI=1S/C11H22O5.CH4O3S/c1-11(2,3)16-10(13)4-6-14-8-9-15-7-5-12;1-5(2,3)4/h12H,4-9H2,1-3H3;1H3,(H,2,3,4). The molecule has 0 unspecified atom stereocenters. The molecule has 0 saturated carbocycles. The topological polar surface area (TPSA) is 119 Å². The van der Waals surface area contributed by atoms with Crippen LogP contribution in [0.5, 0.6) is 0 Å². The molecular weight excluding hydrogens is 304 g/mol. The highest BCUT2D eigenvalue weighted by Crippen LogP contribution is 2.07. The Bertz CT molecular complexity index is 350. The fraction of sp³-hybridized carbons (Fsp3) is 0.917. The zero-order valence-corrected chi connectivity index (χ0v) is 13.8. The second-order valence-electron chi connectivity index (χ2n) is 5.02. The van der Waals surface area contributed by atoms with Crippen LogP contribution in [-0.2, 0) is 29.1 Å². The number of aliphatic hydroxyl groups excluding tert-OH is 1. The molecule has 0 rings (SSSR count). The molecule has 0 bridgehead atoms. The van der Waals surface area contributed by atoms with Gasteiger partial charge < -0.3 is 19.3 Å². The smallest absolute Gasteiger partial charge is 0.308 e. The Labute approximate surface area is 126 Å². The monoisotopic (exact) mass is 330 g/mol. The first kappa shape index (κ1) is 22.5. The molecule has 0 saturated heterocycles. The summed E-state index contributed by atoms with van der Waals surface area (Å²) in [4.78, 5) is 11.2. The van der Waals surface area contributed by atoms with Crippen LogP contribution in [0.2, 0.25) is 0 Å². The number of rotatable bonds is 8. The van der Waals surface area contributed by atoms with Crippen LogP contribution in [0.3, 0.4) is 0 Å². The highest BCUT2D eigenvalue weighted by Gasteiger charge is 2.15. The summed E-state index contributed by atoms with van der Waals surface area (Å²) >= 11 is 0. The van der Waals surface area contributed by atoms with E-state index in [1.807, 2.05) is 20.8 Å². The molecule has 0 aromatic heterocycles. The number of hydrogen-bond donors (Lipinski definition) is 2. The second kappa shape index (κ2) is 11.9. The molecule has 8 nitrogen and oxygen atoms in total. The Hall–Kier alpha value is -0.740. The predicted octanol–water partition coefficient (Wildman–Crippen LogP) is 0.248. The van der Waals surface area contributed by atoms with Crippen molar-refractivity contribution >= 4 is 16.1 Å². The average molecular weight is 330 g/mol. The van der Waals surface area contributed by atoms with Crippen molar-refractivity contribution in [3.8, 4) is 0 Å². The Kier molecular flexibility index (Phi) is 12.7. The number of carbonyl (C=O) groups excluding carboxylic acids is 1. The molecule has 9 heteroatoms. The first-order valence-electron chi connectivity index (χ1n) is 6.36. The highest BCUT2D eigenvalue weighted by molar-refractivity contribution is 7.85. The maximum absolute atomic E-state index is 11.2. The van der Waals surface area contributed by atoms with Gasteiger partial charge in [0.15, 0.2) is 0 Å². The van der Waals surface area contributed by atoms with Crippen LogP contribution in [0.1, 0.15) is 27.2 Å². The molecule has 21 heavy (non-hydrogen) atoms. The molecule has 0 aliphatic heterocycles. The quantitative estimate of drug-likeness (QED) is 0.369. The summed E-state index contributed by atoms with van der Waals surface area (Å²) in [6.07, 6.45) is 0.963. The van der Waals surface area contributed by atoms with Gasteiger partial charge in [-0.15, -0.1) is 0 Å². The van der Waals surface area contributed by atoms with E-state index >= 15 is 0 Å². The summed E-state index contributed by atoms with van der Waals surface area (Å²) in [5.41, 5.74) is -0.443. The SMILES string of the molecule is CC(C)(C)OC(=O)CCOCCOCCO.CS(=O)(=O)O. The first-order valence-corrected chi connectivity index (χ1v) is 8.21. The van der Waals surface area contributed by atoms with Crippen LogP contribution < -0.4 is 0 Å². The Morgan fingerprint density at radius 2 is 1.48 bits per heavy atom. The van der Waals surface area contributed by atoms with Crippen LogP contribution in [0.25, 0.3) is 0 Å². The van der Waals surface area contributed by atoms with Crippen LogP contribution in [0, 0.1) is 0 Å². The third-order valence-electron chi connectivity index (χ3n) is 1.48. The van der Waals surface area contributed by atoms with Gasteiger partial charge >= 0.3 is 5.97 Å². The Morgan fingerprint density at radius 1 is 1.05 bits per heavy atom. The third kappa shape index (κ3) is 32.6. The lowest BCUT2D eigenvalue weighted by Crippen LogP contribution is -2.24. The van der Waals surface area contributed by atoms with E-state index in [0.29, 0.717) is 32.7 Å². The number of hydrogen-bond acceptors (Lipinski definition) is 7.